The summed E-state index contributed by atoms with van der Waals surface area (Å²) < 4.78 is 0. The van der Waals surface area contributed by atoms with Crippen LogP contribution in [0.5, 0.6) is 0 Å². The van der Waals surface area contributed by atoms with Gasteiger partial charge in [0.2, 0.25) is 5.91 Å². The van der Waals surface area contributed by atoms with E-state index in [-0.39, 0.29) is 24.4 Å². The normalized spacial score (nSPS) is 16.8. The van der Waals surface area contributed by atoms with Crippen LogP contribution in [0, 0.1) is 0 Å². The Morgan fingerprint density at radius 2 is 2.05 bits per heavy atom. The summed E-state index contributed by atoms with van der Waals surface area (Å²) in [6, 6.07) is 10.0. The predicted octanol–water partition coefficient (Wildman–Crippen LogP) is 3.83. The topological polar surface area (TPSA) is 46.3 Å². The number of anilines is 1. The number of nitrogens with two attached hydrogens (primary N) is 1. The lowest BCUT2D eigenvalue weighted by Gasteiger charge is -2.35. The van der Waals surface area contributed by atoms with Crippen molar-refractivity contribution in [1.29, 1.82) is 0 Å². The van der Waals surface area contributed by atoms with Crippen LogP contribution in [-0.2, 0) is 17.6 Å². The summed E-state index contributed by atoms with van der Waals surface area (Å²) in [5.41, 5.74) is 8.80. The van der Waals surface area contributed by atoms with Gasteiger partial charge in [0.1, 0.15) is 0 Å². The number of amides is 1. The van der Waals surface area contributed by atoms with Crippen molar-refractivity contribution in [3.05, 3.63) is 51.7 Å². The number of rotatable bonds is 3. The summed E-state index contributed by atoms with van der Waals surface area (Å²) in [5.74, 6) is 0.212. The summed E-state index contributed by atoms with van der Waals surface area (Å²) in [5, 5.41) is 2.14. The Hall–Kier alpha value is -1.52. The fourth-order valence-electron chi connectivity index (χ4n) is 3.05. The van der Waals surface area contributed by atoms with Crippen molar-refractivity contribution in [3.63, 3.8) is 0 Å². The highest BCUT2D eigenvalue weighted by Crippen LogP contribution is 2.35. The third kappa shape index (κ3) is 3.28. The van der Waals surface area contributed by atoms with Gasteiger partial charge < -0.3 is 10.6 Å². The minimum absolute atomic E-state index is 0. The molecule has 22 heavy (non-hydrogen) atoms. The van der Waals surface area contributed by atoms with Crippen molar-refractivity contribution >= 4 is 35.3 Å². The third-order valence-electron chi connectivity index (χ3n) is 4.14. The molecule has 1 atom stereocenters. The lowest BCUT2D eigenvalue weighted by atomic mass is 9.97. The highest BCUT2D eigenvalue weighted by molar-refractivity contribution is 7.10. The number of fused-ring (bicyclic) bond motifs is 1. The van der Waals surface area contributed by atoms with Gasteiger partial charge in [0.25, 0.3) is 0 Å². The van der Waals surface area contributed by atoms with Crippen LogP contribution < -0.4 is 5.73 Å². The summed E-state index contributed by atoms with van der Waals surface area (Å²) in [7, 11) is 0. The quantitative estimate of drug-likeness (QED) is 0.866. The SMILES string of the molecule is CCC1c2ccsc2CCN1C(=O)Cc1ccc(N)cc1.Cl. The first kappa shape index (κ1) is 16.8. The standard InChI is InChI=1S/C17H20N2OS.ClH/c1-2-15-14-8-10-21-16(14)7-9-19(15)17(20)11-12-3-5-13(18)6-4-12;/h3-6,8,10,15H,2,7,9,11,18H2,1H3;1H. The molecule has 0 bridgehead atoms. The molecule has 0 aliphatic carbocycles. The van der Waals surface area contributed by atoms with E-state index in [1.807, 2.05) is 40.5 Å². The van der Waals surface area contributed by atoms with Gasteiger partial charge in [0, 0.05) is 17.1 Å². The van der Waals surface area contributed by atoms with Crippen LogP contribution in [-0.4, -0.2) is 17.4 Å². The molecule has 3 rings (SSSR count). The molecule has 118 valence electrons. The molecule has 1 aliphatic heterocycles. The van der Waals surface area contributed by atoms with Gasteiger partial charge >= 0.3 is 0 Å². The van der Waals surface area contributed by atoms with E-state index in [0.29, 0.717) is 6.42 Å². The molecule has 0 spiro atoms. The van der Waals surface area contributed by atoms with Crippen LogP contribution in [0.2, 0.25) is 0 Å². The van der Waals surface area contributed by atoms with Crippen molar-refractivity contribution in [2.24, 2.45) is 0 Å². The van der Waals surface area contributed by atoms with E-state index in [2.05, 4.69) is 18.4 Å². The van der Waals surface area contributed by atoms with Gasteiger partial charge in [-0.2, -0.15) is 0 Å². The van der Waals surface area contributed by atoms with Gasteiger partial charge in [-0.25, -0.2) is 0 Å². The van der Waals surface area contributed by atoms with Crippen LogP contribution in [0.4, 0.5) is 5.69 Å². The van der Waals surface area contributed by atoms with Gasteiger partial charge in [-0.1, -0.05) is 19.1 Å². The van der Waals surface area contributed by atoms with Gasteiger partial charge in [0.15, 0.2) is 0 Å². The number of thiophene rings is 1. The zero-order chi connectivity index (χ0) is 14.8. The lowest BCUT2D eigenvalue weighted by Crippen LogP contribution is -2.40. The Labute approximate surface area is 141 Å². The number of carbonyl (C=O) groups excluding carboxylic acids is 1. The summed E-state index contributed by atoms with van der Waals surface area (Å²) in [6.45, 7) is 2.99. The average molecular weight is 337 g/mol. The van der Waals surface area contributed by atoms with Crippen LogP contribution >= 0.6 is 23.7 Å². The molecule has 2 N–H and O–H groups in total. The van der Waals surface area contributed by atoms with E-state index in [1.54, 1.807) is 0 Å². The van der Waals surface area contributed by atoms with E-state index in [1.165, 1.54) is 10.4 Å². The van der Waals surface area contributed by atoms with E-state index in [9.17, 15) is 4.79 Å². The van der Waals surface area contributed by atoms with Crippen molar-refractivity contribution in [2.45, 2.75) is 32.2 Å². The number of nitrogens with zero attached hydrogens (tertiary/aromatic N) is 1. The molecular weight excluding hydrogens is 316 g/mol. The van der Waals surface area contributed by atoms with E-state index in [4.69, 9.17) is 5.73 Å². The zero-order valence-corrected chi connectivity index (χ0v) is 14.3. The first-order chi connectivity index (χ1) is 10.2. The average Bonchev–Trinajstić information content (AvgIpc) is 2.97. The molecule has 5 heteroatoms. The molecule has 0 fully saturated rings. The maximum Gasteiger partial charge on any atom is 0.227 e. The fraction of sp³-hybridized carbons (Fsp3) is 0.353. The Balaban J connectivity index is 0.00000176. The Bertz CT molecular complexity index is 638. The van der Waals surface area contributed by atoms with Crippen molar-refractivity contribution < 1.29 is 4.79 Å². The largest absolute Gasteiger partial charge is 0.399 e. The molecule has 2 aromatic rings. The first-order valence-electron chi connectivity index (χ1n) is 7.39. The molecule has 1 aromatic carbocycles. The van der Waals surface area contributed by atoms with Gasteiger partial charge in [0.05, 0.1) is 12.5 Å². The van der Waals surface area contributed by atoms with Crippen LogP contribution in [0.25, 0.3) is 0 Å². The minimum atomic E-state index is 0. The molecular formula is C17H21ClN2OS. The number of hydrogen-bond donors (Lipinski definition) is 1. The second kappa shape index (κ2) is 7.16. The lowest BCUT2D eigenvalue weighted by molar-refractivity contribution is -0.133. The zero-order valence-electron chi connectivity index (χ0n) is 12.6. The second-order valence-corrected chi connectivity index (χ2v) is 6.48. The number of nitrogen functional groups attached to an aromatic ring is 1. The van der Waals surface area contributed by atoms with Gasteiger partial charge in [-0.15, -0.1) is 23.7 Å². The minimum Gasteiger partial charge on any atom is -0.399 e. The van der Waals surface area contributed by atoms with E-state index >= 15 is 0 Å². The third-order valence-corrected chi connectivity index (χ3v) is 5.13. The van der Waals surface area contributed by atoms with Crippen molar-refractivity contribution in [3.8, 4) is 0 Å². The molecule has 0 saturated heterocycles. The molecule has 1 amide bonds. The molecule has 1 aliphatic rings. The monoisotopic (exact) mass is 336 g/mol. The maximum absolute atomic E-state index is 12.7. The number of hydrogen-bond acceptors (Lipinski definition) is 3. The van der Waals surface area contributed by atoms with Gasteiger partial charge in [-0.05, 0) is 47.5 Å². The summed E-state index contributed by atoms with van der Waals surface area (Å²) in [4.78, 5) is 16.1. The number of carbonyl (C=O) groups is 1. The highest BCUT2D eigenvalue weighted by atomic mass is 35.5. The smallest absolute Gasteiger partial charge is 0.227 e. The van der Waals surface area contributed by atoms with Crippen molar-refractivity contribution in [2.75, 3.05) is 12.3 Å². The molecule has 3 nitrogen and oxygen atoms in total. The second-order valence-electron chi connectivity index (χ2n) is 5.48. The first-order valence-corrected chi connectivity index (χ1v) is 8.27. The Kier molecular flexibility index (Phi) is 5.48. The summed E-state index contributed by atoms with van der Waals surface area (Å²) in [6.07, 6.45) is 2.41. The van der Waals surface area contributed by atoms with Gasteiger partial charge in [-0.3, -0.25) is 4.79 Å². The highest BCUT2D eigenvalue weighted by Gasteiger charge is 2.29. The number of halogens is 1. The summed E-state index contributed by atoms with van der Waals surface area (Å²) >= 11 is 1.81. The molecule has 0 radical (unpaired) electrons. The fourth-order valence-corrected chi connectivity index (χ4v) is 3.98. The van der Waals surface area contributed by atoms with E-state index in [0.717, 1.165) is 30.6 Å². The Morgan fingerprint density at radius 3 is 2.73 bits per heavy atom. The molecule has 1 unspecified atom stereocenters. The van der Waals surface area contributed by atoms with Crippen LogP contribution in [0.1, 0.15) is 35.4 Å². The Morgan fingerprint density at radius 1 is 1.32 bits per heavy atom. The maximum atomic E-state index is 12.7. The molecule has 0 saturated carbocycles. The molecule has 1 aromatic heterocycles. The number of benzene rings is 1. The predicted molar refractivity (Wildman–Crippen MR) is 94.6 cm³/mol. The van der Waals surface area contributed by atoms with E-state index < -0.39 is 0 Å². The van der Waals surface area contributed by atoms with Crippen LogP contribution in [0.15, 0.2) is 35.7 Å². The van der Waals surface area contributed by atoms with Crippen LogP contribution in [0.3, 0.4) is 0 Å². The van der Waals surface area contributed by atoms with Crippen molar-refractivity contribution in [1.82, 2.24) is 4.90 Å². The molecule has 2 heterocycles.